The van der Waals surface area contributed by atoms with Gasteiger partial charge >= 0.3 is 0 Å². The van der Waals surface area contributed by atoms with E-state index in [1.807, 2.05) is 35.7 Å². The van der Waals surface area contributed by atoms with Crippen LogP contribution in [-0.4, -0.2) is 59.6 Å². The van der Waals surface area contributed by atoms with Crippen LogP contribution < -0.4 is 15.8 Å². The minimum Gasteiger partial charge on any atom is -0.369 e. The van der Waals surface area contributed by atoms with Gasteiger partial charge in [-0.25, -0.2) is 0 Å². The molecule has 0 bridgehead atoms. The molecule has 1 aliphatic rings. The number of piperazine rings is 1. The summed E-state index contributed by atoms with van der Waals surface area (Å²) in [5.41, 5.74) is 7.14. The SMILES string of the molecule is O=C(CCN1CCN(c2ccccc2)CC1)NNC(=O)c1cc(-c2cccs2)[nH]n1. The molecule has 2 aromatic heterocycles. The third kappa shape index (κ3) is 5.05. The van der Waals surface area contributed by atoms with Crippen LogP contribution in [0.1, 0.15) is 16.9 Å². The van der Waals surface area contributed by atoms with E-state index in [2.05, 4.69) is 43.0 Å². The summed E-state index contributed by atoms with van der Waals surface area (Å²) in [5.74, 6) is -0.665. The summed E-state index contributed by atoms with van der Waals surface area (Å²) in [6.45, 7) is 4.36. The minimum atomic E-state index is -0.445. The molecule has 30 heavy (non-hydrogen) atoms. The molecule has 0 unspecified atom stereocenters. The number of rotatable bonds is 6. The quantitative estimate of drug-likeness (QED) is 0.527. The number of nitrogens with one attached hydrogen (secondary N) is 3. The maximum Gasteiger partial charge on any atom is 0.290 e. The molecule has 0 radical (unpaired) electrons. The molecule has 0 spiro atoms. The van der Waals surface area contributed by atoms with Gasteiger partial charge < -0.3 is 4.90 Å². The molecular formula is C21H24N6O2S. The lowest BCUT2D eigenvalue weighted by atomic mass is 10.2. The van der Waals surface area contributed by atoms with Crippen molar-refractivity contribution in [1.29, 1.82) is 0 Å². The van der Waals surface area contributed by atoms with Crippen molar-refractivity contribution < 1.29 is 9.59 Å². The number of hydrazine groups is 1. The second kappa shape index (κ2) is 9.55. The smallest absolute Gasteiger partial charge is 0.290 e. The first-order chi connectivity index (χ1) is 14.7. The van der Waals surface area contributed by atoms with Gasteiger partial charge in [0, 0.05) is 44.8 Å². The summed E-state index contributed by atoms with van der Waals surface area (Å²) in [5, 5.41) is 8.80. The first kappa shape index (κ1) is 20.1. The van der Waals surface area contributed by atoms with Crippen LogP contribution in [0, 0.1) is 0 Å². The molecule has 1 aliphatic heterocycles. The Morgan fingerprint density at radius 1 is 1.03 bits per heavy atom. The van der Waals surface area contributed by atoms with Crippen LogP contribution in [0.2, 0.25) is 0 Å². The number of para-hydroxylation sites is 1. The average Bonchev–Trinajstić information content (AvgIpc) is 3.49. The predicted molar refractivity (Wildman–Crippen MR) is 117 cm³/mol. The highest BCUT2D eigenvalue weighted by molar-refractivity contribution is 7.13. The molecule has 4 rings (SSSR count). The summed E-state index contributed by atoms with van der Waals surface area (Å²) >= 11 is 1.56. The molecule has 3 heterocycles. The van der Waals surface area contributed by atoms with E-state index in [1.54, 1.807) is 17.4 Å². The van der Waals surface area contributed by atoms with Crippen molar-refractivity contribution in [2.45, 2.75) is 6.42 Å². The number of nitrogens with zero attached hydrogens (tertiary/aromatic N) is 3. The van der Waals surface area contributed by atoms with E-state index in [-0.39, 0.29) is 11.6 Å². The molecule has 156 valence electrons. The van der Waals surface area contributed by atoms with Crippen LogP contribution in [-0.2, 0) is 4.79 Å². The van der Waals surface area contributed by atoms with Gasteiger partial charge in [0.15, 0.2) is 5.69 Å². The van der Waals surface area contributed by atoms with Crippen molar-refractivity contribution in [2.75, 3.05) is 37.6 Å². The van der Waals surface area contributed by atoms with E-state index < -0.39 is 5.91 Å². The maximum absolute atomic E-state index is 12.2. The van der Waals surface area contributed by atoms with Crippen molar-refractivity contribution in [1.82, 2.24) is 25.9 Å². The lowest BCUT2D eigenvalue weighted by molar-refractivity contribution is -0.122. The molecule has 1 fully saturated rings. The number of amides is 2. The van der Waals surface area contributed by atoms with Gasteiger partial charge in [-0.1, -0.05) is 24.3 Å². The number of hydrogen-bond donors (Lipinski definition) is 3. The van der Waals surface area contributed by atoms with Gasteiger partial charge in [-0.2, -0.15) is 5.10 Å². The standard InChI is InChI=1S/C21H24N6O2S/c28-20(8-9-26-10-12-27(13-11-26)16-5-2-1-3-6-16)24-25-21(29)18-15-17(22-23-18)19-7-4-14-30-19/h1-7,14-15H,8-13H2,(H,22,23)(H,24,28)(H,25,29). The Morgan fingerprint density at radius 3 is 2.57 bits per heavy atom. The van der Waals surface area contributed by atoms with Crippen LogP contribution in [0.4, 0.5) is 5.69 Å². The third-order valence-electron chi connectivity index (χ3n) is 5.06. The van der Waals surface area contributed by atoms with Gasteiger partial charge in [0.25, 0.3) is 5.91 Å². The summed E-state index contributed by atoms with van der Waals surface area (Å²) < 4.78 is 0. The van der Waals surface area contributed by atoms with Gasteiger partial charge in [0.05, 0.1) is 10.6 Å². The zero-order chi connectivity index (χ0) is 20.8. The second-order valence-electron chi connectivity index (χ2n) is 7.06. The topological polar surface area (TPSA) is 93.4 Å². The van der Waals surface area contributed by atoms with Crippen molar-refractivity contribution in [3.63, 3.8) is 0 Å². The maximum atomic E-state index is 12.2. The van der Waals surface area contributed by atoms with Crippen molar-refractivity contribution in [2.24, 2.45) is 0 Å². The Morgan fingerprint density at radius 2 is 1.83 bits per heavy atom. The molecule has 3 aromatic rings. The molecule has 0 saturated carbocycles. The Hall–Kier alpha value is -3.17. The monoisotopic (exact) mass is 424 g/mol. The molecule has 8 nitrogen and oxygen atoms in total. The Labute approximate surface area is 178 Å². The lowest BCUT2D eigenvalue weighted by Crippen LogP contribution is -2.48. The minimum absolute atomic E-state index is 0.220. The van der Waals surface area contributed by atoms with Crippen LogP contribution in [0.15, 0.2) is 53.9 Å². The number of anilines is 1. The Kier molecular flexibility index (Phi) is 6.41. The number of thiophene rings is 1. The van der Waals surface area contributed by atoms with Gasteiger partial charge in [-0.05, 0) is 29.6 Å². The van der Waals surface area contributed by atoms with E-state index in [0.717, 1.165) is 36.8 Å². The lowest BCUT2D eigenvalue weighted by Gasteiger charge is -2.36. The molecule has 0 atom stereocenters. The summed E-state index contributed by atoms with van der Waals surface area (Å²) in [4.78, 5) is 29.9. The number of aromatic amines is 1. The normalized spacial score (nSPS) is 14.5. The number of hydrogen-bond acceptors (Lipinski definition) is 6. The fraction of sp³-hybridized carbons (Fsp3) is 0.286. The largest absolute Gasteiger partial charge is 0.369 e. The molecule has 1 saturated heterocycles. The van der Waals surface area contributed by atoms with Crippen molar-refractivity contribution >= 4 is 28.8 Å². The summed E-state index contributed by atoms with van der Waals surface area (Å²) in [6.07, 6.45) is 0.326. The van der Waals surface area contributed by atoms with Gasteiger partial charge in [0.1, 0.15) is 0 Å². The van der Waals surface area contributed by atoms with Gasteiger partial charge in [-0.3, -0.25) is 30.4 Å². The number of carbonyl (C=O) groups is 2. The van der Waals surface area contributed by atoms with Crippen molar-refractivity contribution in [3.05, 3.63) is 59.6 Å². The molecule has 0 aliphatic carbocycles. The van der Waals surface area contributed by atoms with E-state index in [4.69, 9.17) is 0 Å². The Bertz CT molecular complexity index is 965. The zero-order valence-corrected chi connectivity index (χ0v) is 17.3. The predicted octanol–water partition coefficient (Wildman–Crippen LogP) is 2.11. The van der Waals surface area contributed by atoms with Crippen LogP contribution >= 0.6 is 11.3 Å². The van der Waals surface area contributed by atoms with Crippen LogP contribution in [0.3, 0.4) is 0 Å². The second-order valence-corrected chi connectivity index (χ2v) is 8.01. The van der Waals surface area contributed by atoms with Gasteiger partial charge in [-0.15, -0.1) is 11.3 Å². The zero-order valence-electron chi connectivity index (χ0n) is 16.5. The number of H-pyrrole nitrogens is 1. The first-order valence-electron chi connectivity index (χ1n) is 9.90. The van der Waals surface area contributed by atoms with E-state index in [0.29, 0.717) is 13.0 Å². The van der Waals surface area contributed by atoms with E-state index in [9.17, 15) is 9.59 Å². The van der Waals surface area contributed by atoms with Crippen molar-refractivity contribution in [3.8, 4) is 10.6 Å². The fourth-order valence-corrected chi connectivity index (χ4v) is 4.07. The number of aromatic nitrogens is 2. The highest BCUT2D eigenvalue weighted by Crippen LogP contribution is 2.22. The summed E-state index contributed by atoms with van der Waals surface area (Å²) in [7, 11) is 0. The number of benzene rings is 1. The average molecular weight is 425 g/mol. The first-order valence-corrected chi connectivity index (χ1v) is 10.8. The van der Waals surface area contributed by atoms with Gasteiger partial charge in [0.2, 0.25) is 5.91 Å². The van der Waals surface area contributed by atoms with Crippen LogP contribution in [0.25, 0.3) is 10.6 Å². The molecular weight excluding hydrogens is 400 g/mol. The highest BCUT2D eigenvalue weighted by atomic mass is 32.1. The van der Waals surface area contributed by atoms with E-state index >= 15 is 0 Å². The van der Waals surface area contributed by atoms with E-state index in [1.165, 1.54) is 5.69 Å². The fourth-order valence-electron chi connectivity index (χ4n) is 3.38. The Balaban J connectivity index is 1.16. The number of carbonyl (C=O) groups excluding carboxylic acids is 2. The molecule has 2 amide bonds. The highest BCUT2D eigenvalue weighted by Gasteiger charge is 2.18. The summed E-state index contributed by atoms with van der Waals surface area (Å²) in [6, 6.07) is 15.9. The third-order valence-corrected chi connectivity index (χ3v) is 5.96. The van der Waals surface area contributed by atoms with Crippen LogP contribution in [0.5, 0.6) is 0 Å². The molecule has 9 heteroatoms. The molecule has 3 N–H and O–H groups in total. The molecule has 1 aromatic carbocycles.